The van der Waals surface area contributed by atoms with Crippen LogP contribution < -0.4 is 10.6 Å². The Morgan fingerprint density at radius 1 is 1.41 bits per heavy atom. The molecular formula is C19H28N6O2. The molecule has 0 aliphatic carbocycles. The van der Waals surface area contributed by atoms with Crippen LogP contribution in [-0.4, -0.2) is 60.0 Å². The average Bonchev–Trinajstić information content (AvgIpc) is 3.41. The first-order chi connectivity index (χ1) is 13.3. The second-order valence-corrected chi connectivity index (χ2v) is 6.41. The Kier molecular flexibility index (Phi) is 7.61. The number of nitrogens with one attached hydrogen (secondary N) is 2. The van der Waals surface area contributed by atoms with E-state index in [2.05, 4.69) is 25.6 Å². The number of nitrogens with zero attached hydrogens (tertiary/aromatic N) is 4. The van der Waals surface area contributed by atoms with Gasteiger partial charge in [0.05, 0.1) is 12.7 Å². The first-order valence-corrected chi connectivity index (χ1v) is 9.42. The maximum absolute atomic E-state index is 5.67. The van der Waals surface area contributed by atoms with Gasteiger partial charge in [0.1, 0.15) is 12.1 Å². The van der Waals surface area contributed by atoms with Crippen LogP contribution in [0.2, 0.25) is 0 Å². The highest BCUT2D eigenvalue weighted by Gasteiger charge is 2.14. The predicted molar refractivity (Wildman–Crippen MR) is 104 cm³/mol. The Labute approximate surface area is 160 Å². The van der Waals surface area contributed by atoms with Crippen molar-refractivity contribution in [2.45, 2.75) is 31.9 Å². The van der Waals surface area contributed by atoms with Crippen LogP contribution in [0.15, 0.2) is 42.0 Å². The fraction of sp³-hybridized carbons (Fsp3) is 0.526. The third-order valence-corrected chi connectivity index (χ3v) is 4.35. The third-order valence-electron chi connectivity index (χ3n) is 4.35. The molecule has 1 aliphatic heterocycles. The number of aromatic nitrogens is 3. The van der Waals surface area contributed by atoms with E-state index in [0.717, 1.165) is 56.4 Å². The molecule has 8 heteroatoms. The van der Waals surface area contributed by atoms with Crippen LogP contribution in [0.5, 0.6) is 0 Å². The largest absolute Gasteiger partial charge is 0.379 e. The van der Waals surface area contributed by atoms with E-state index in [1.807, 2.05) is 22.9 Å². The zero-order valence-corrected chi connectivity index (χ0v) is 15.8. The summed E-state index contributed by atoms with van der Waals surface area (Å²) < 4.78 is 13.1. The monoisotopic (exact) mass is 372 g/mol. The van der Waals surface area contributed by atoms with Crippen molar-refractivity contribution in [2.24, 2.45) is 4.99 Å². The van der Waals surface area contributed by atoms with Crippen LogP contribution in [0, 0.1) is 0 Å². The minimum absolute atomic E-state index is 0.292. The maximum Gasteiger partial charge on any atom is 0.191 e. The maximum atomic E-state index is 5.67. The molecule has 1 saturated heterocycles. The molecule has 3 rings (SSSR count). The number of guanidine groups is 1. The number of rotatable bonds is 9. The molecule has 1 aliphatic rings. The number of hydrogen-bond acceptors (Lipinski definition) is 5. The van der Waals surface area contributed by atoms with Gasteiger partial charge in [-0.3, -0.25) is 9.56 Å². The van der Waals surface area contributed by atoms with E-state index in [-0.39, 0.29) is 0 Å². The SMILES string of the molecule is CN=C(NCCCOCC1CCCO1)NCc1ccnc(-n2ccnc2)c1. The molecule has 0 bridgehead atoms. The summed E-state index contributed by atoms with van der Waals surface area (Å²) in [5.74, 6) is 1.62. The predicted octanol–water partition coefficient (Wildman–Crippen LogP) is 1.52. The standard InChI is InChI=1S/C19H28N6O2/c1-20-19(23-6-3-10-26-14-17-4-2-11-27-17)24-13-16-5-7-22-18(12-16)25-9-8-21-15-25/h5,7-9,12,15,17H,2-4,6,10-11,13-14H2,1H3,(H2,20,23,24). The summed E-state index contributed by atoms with van der Waals surface area (Å²) in [6.45, 7) is 3.77. The number of imidazole rings is 1. The van der Waals surface area contributed by atoms with E-state index in [0.29, 0.717) is 19.3 Å². The van der Waals surface area contributed by atoms with Crippen molar-refractivity contribution in [1.29, 1.82) is 0 Å². The smallest absolute Gasteiger partial charge is 0.191 e. The Bertz CT molecular complexity index is 698. The lowest BCUT2D eigenvalue weighted by Gasteiger charge is -2.13. The lowest BCUT2D eigenvalue weighted by molar-refractivity contribution is 0.0168. The number of ether oxygens (including phenoxy) is 2. The van der Waals surface area contributed by atoms with E-state index in [1.165, 1.54) is 0 Å². The van der Waals surface area contributed by atoms with E-state index < -0.39 is 0 Å². The second-order valence-electron chi connectivity index (χ2n) is 6.41. The van der Waals surface area contributed by atoms with Crippen LogP contribution in [0.25, 0.3) is 5.82 Å². The molecule has 1 atom stereocenters. The van der Waals surface area contributed by atoms with E-state index >= 15 is 0 Å². The lowest BCUT2D eigenvalue weighted by atomic mass is 10.2. The molecule has 2 aromatic heterocycles. The highest BCUT2D eigenvalue weighted by Crippen LogP contribution is 2.11. The summed E-state index contributed by atoms with van der Waals surface area (Å²) in [6, 6.07) is 4.01. The molecular weight excluding hydrogens is 344 g/mol. The highest BCUT2D eigenvalue weighted by molar-refractivity contribution is 5.79. The normalized spacial score (nSPS) is 17.2. The fourth-order valence-corrected chi connectivity index (χ4v) is 2.88. The van der Waals surface area contributed by atoms with Crippen LogP contribution in [0.3, 0.4) is 0 Å². The van der Waals surface area contributed by atoms with Gasteiger partial charge in [0.2, 0.25) is 0 Å². The Hall–Kier alpha value is -2.45. The Balaban J connectivity index is 1.33. The van der Waals surface area contributed by atoms with Gasteiger partial charge in [-0.15, -0.1) is 0 Å². The molecule has 3 heterocycles. The van der Waals surface area contributed by atoms with E-state index in [1.54, 1.807) is 25.8 Å². The summed E-state index contributed by atoms with van der Waals surface area (Å²) in [5, 5.41) is 6.63. The van der Waals surface area contributed by atoms with Gasteiger partial charge in [-0.25, -0.2) is 9.97 Å². The van der Waals surface area contributed by atoms with Crippen molar-refractivity contribution in [3.8, 4) is 5.82 Å². The minimum Gasteiger partial charge on any atom is -0.379 e. The first-order valence-electron chi connectivity index (χ1n) is 9.42. The lowest BCUT2D eigenvalue weighted by Crippen LogP contribution is -2.37. The van der Waals surface area contributed by atoms with E-state index in [9.17, 15) is 0 Å². The van der Waals surface area contributed by atoms with Crippen LogP contribution in [0.4, 0.5) is 0 Å². The van der Waals surface area contributed by atoms with Gasteiger partial charge < -0.3 is 20.1 Å². The third kappa shape index (κ3) is 6.33. The molecule has 0 radical (unpaired) electrons. The molecule has 2 N–H and O–H groups in total. The number of hydrogen-bond donors (Lipinski definition) is 2. The topological polar surface area (TPSA) is 85.6 Å². The van der Waals surface area contributed by atoms with Crippen molar-refractivity contribution < 1.29 is 9.47 Å². The van der Waals surface area contributed by atoms with Gasteiger partial charge in [-0.05, 0) is 37.0 Å². The molecule has 27 heavy (non-hydrogen) atoms. The van der Waals surface area contributed by atoms with Crippen molar-refractivity contribution in [1.82, 2.24) is 25.2 Å². The average molecular weight is 372 g/mol. The molecule has 0 spiro atoms. The van der Waals surface area contributed by atoms with Crippen LogP contribution in [-0.2, 0) is 16.0 Å². The van der Waals surface area contributed by atoms with Crippen molar-refractivity contribution in [3.05, 3.63) is 42.6 Å². The minimum atomic E-state index is 0.292. The number of pyridine rings is 1. The number of aliphatic imine (C=N–C) groups is 1. The summed E-state index contributed by atoms with van der Waals surface area (Å²) in [4.78, 5) is 12.7. The van der Waals surface area contributed by atoms with Crippen molar-refractivity contribution in [2.75, 3.05) is 33.4 Å². The molecule has 0 saturated carbocycles. The first kappa shape index (κ1) is 19.3. The fourth-order valence-electron chi connectivity index (χ4n) is 2.88. The van der Waals surface area contributed by atoms with Gasteiger partial charge in [0.25, 0.3) is 0 Å². The summed E-state index contributed by atoms with van der Waals surface area (Å²) in [5.41, 5.74) is 1.12. The zero-order chi connectivity index (χ0) is 18.7. The Morgan fingerprint density at radius 3 is 3.15 bits per heavy atom. The van der Waals surface area contributed by atoms with Crippen LogP contribution >= 0.6 is 0 Å². The van der Waals surface area contributed by atoms with Gasteiger partial charge in [-0.1, -0.05) is 0 Å². The molecule has 0 amide bonds. The molecule has 1 fully saturated rings. The van der Waals surface area contributed by atoms with Crippen LogP contribution in [0.1, 0.15) is 24.8 Å². The Morgan fingerprint density at radius 2 is 2.37 bits per heavy atom. The summed E-state index contributed by atoms with van der Waals surface area (Å²) >= 11 is 0. The summed E-state index contributed by atoms with van der Waals surface area (Å²) in [6.07, 6.45) is 10.6. The van der Waals surface area contributed by atoms with Gasteiger partial charge >= 0.3 is 0 Å². The van der Waals surface area contributed by atoms with Crippen molar-refractivity contribution >= 4 is 5.96 Å². The highest BCUT2D eigenvalue weighted by atomic mass is 16.5. The molecule has 8 nitrogen and oxygen atoms in total. The molecule has 2 aromatic rings. The molecule has 146 valence electrons. The van der Waals surface area contributed by atoms with Gasteiger partial charge in [0.15, 0.2) is 5.96 Å². The van der Waals surface area contributed by atoms with Gasteiger partial charge in [-0.2, -0.15) is 0 Å². The second kappa shape index (κ2) is 10.6. The summed E-state index contributed by atoms with van der Waals surface area (Å²) in [7, 11) is 1.77. The van der Waals surface area contributed by atoms with Crippen molar-refractivity contribution in [3.63, 3.8) is 0 Å². The van der Waals surface area contributed by atoms with E-state index in [4.69, 9.17) is 9.47 Å². The molecule has 0 aromatic carbocycles. The van der Waals surface area contributed by atoms with Gasteiger partial charge in [0, 0.05) is 51.9 Å². The molecule has 1 unspecified atom stereocenters. The quantitative estimate of drug-likeness (QED) is 0.394. The zero-order valence-electron chi connectivity index (χ0n) is 15.8.